The SMILES string of the molecule is CNC([S-])=NN=C(C(=NN=C([S-])NC)c1ccc(N(C)C)cc1)c1ccccc1.[Cu+2]. The normalized spacial score (nSPS) is 12.8. The summed E-state index contributed by atoms with van der Waals surface area (Å²) in [5.74, 6) is 0. The maximum atomic E-state index is 5.12. The molecule has 0 fully saturated rings. The Kier molecular flexibility index (Phi) is 11.0. The van der Waals surface area contributed by atoms with Gasteiger partial charge in [-0.3, -0.25) is 0 Å². The predicted octanol–water partition coefficient (Wildman–Crippen LogP) is 2.10. The standard InChI is InChI=1S/C20H25N7S2.Cu/c1-21-19(28)25-23-17(14-8-6-5-7-9-14)18(24-26-20(29)22-2)15-10-12-16(13-11-15)27(3)4;/h5-13H,1-4H3,(H2,21,25,28)(H2,22,26,29);/q;+2/p-2. The first-order valence-electron chi connectivity index (χ1n) is 8.80. The first-order valence-corrected chi connectivity index (χ1v) is 9.62. The zero-order valence-corrected chi connectivity index (χ0v) is 19.6. The molecule has 0 aromatic heterocycles. The Labute approximate surface area is 199 Å². The summed E-state index contributed by atoms with van der Waals surface area (Å²) in [4.78, 5) is 2.02. The van der Waals surface area contributed by atoms with Crippen molar-refractivity contribution in [2.24, 2.45) is 20.4 Å². The van der Waals surface area contributed by atoms with Crippen molar-refractivity contribution in [3.63, 3.8) is 0 Å². The predicted molar refractivity (Wildman–Crippen MR) is 128 cm³/mol. The van der Waals surface area contributed by atoms with Crippen LogP contribution in [0.5, 0.6) is 0 Å². The fraction of sp³-hybridized carbons (Fsp3) is 0.200. The quantitative estimate of drug-likeness (QED) is 0.214. The molecule has 0 spiro atoms. The van der Waals surface area contributed by atoms with E-state index in [2.05, 4.69) is 31.0 Å². The van der Waals surface area contributed by atoms with Crippen molar-refractivity contribution in [1.29, 1.82) is 0 Å². The summed E-state index contributed by atoms with van der Waals surface area (Å²) in [6.45, 7) is 0. The fourth-order valence-corrected chi connectivity index (χ4v) is 2.37. The van der Waals surface area contributed by atoms with Gasteiger partial charge in [0.05, 0.1) is 0 Å². The van der Waals surface area contributed by atoms with Crippen molar-refractivity contribution in [1.82, 2.24) is 10.6 Å². The van der Waals surface area contributed by atoms with Gasteiger partial charge in [-0.2, -0.15) is 10.2 Å². The van der Waals surface area contributed by atoms with Crippen LogP contribution in [0.1, 0.15) is 11.1 Å². The third-order valence-corrected chi connectivity index (χ3v) is 4.41. The summed E-state index contributed by atoms with van der Waals surface area (Å²) in [5.41, 5.74) is 3.78. The van der Waals surface area contributed by atoms with Gasteiger partial charge < -0.3 is 40.8 Å². The molecule has 0 unspecified atom stereocenters. The summed E-state index contributed by atoms with van der Waals surface area (Å²) in [6, 6.07) is 17.5. The van der Waals surface area contributed by atoms with Crippen molar-refractivity contribution >= 4 is 52.7 Å². The molecule has 2 rings (SSSR count). The Hall–Kier alpha value is -2.52. The van der Waals surface area contributed by atoms with Crippen LogP contribution in [0.3, 0.4) is 0 Å². The van der Waals surface area contributed by atoms with Crippen LogP contribution in [0.4, 0.5) is 5.69 Å². The molecule has 161 valence electrons. The Morgan fingerprint density at radius 1 is 0.700 bits per heavy atom. The number of nitrogens with zero attached hydrogens (tertiary/aromatic N) is 5. The van der Waals surface area contributed by atoms with E-state index in [0.29, 0.717) is 11.4 Å². The third kappa shape index (κ3) is 7.38. The van der Waals surface area contributed by atoms with Crippen LogP contribution in [-0.4, -0.2) is 49.9 Å². The largest absolute Gasteiger partial charge is 2.00 e. The minimum Gasteiger partial charge on any atom is -0.741 e. The van der Waals surface area contributed by atoms with E-state index >= 15 is 0 Å². The molecule has 1 radical (unpaired) electrons. The number of benzene rings is 2. The van der Waals surface area contributed by atoms with Crippen molar-refractivity contribution in [2.75, 3.05) is 33.1 Å². The molecule has 10 heteroatoms. The molecule has 0 atom stereocenters. The molecular formula is C20H23CuN7S2. The Balaban J connectivity index is 0.00000450. The van der Waals surface area contributed by atoms with E-state index in [4.69, 9.17) is 25.3 Å². The van der Waals surface area contributed by atoms with Gasteiger partial charge in [0.15, 0.2) is 0 Å². The molecule has 0 amide bonds. The second-order valence-electron chi connectivity index (χ2n) is 6.01. The van der Waals surface area contributed by atoms with Gasteiger partial charge in [-0.1, -0.05) is 42.5 Å². The van der Waals surface area contributed by atoms with E-state index in [1.807, 2.05) is 73.6 Å². The van der Waals surface area contributed by atoms with E-state index in [1.54, 1.807) is 14.1 Å². The molecule has 2 aromatic carbocycles. The summed E-state index contributed by atoms with van der Waals surface area (Å²) in [6.07, 6.45) is 0. The number of nitrogens with one attached hydrogen (secondary N) is 2. The number of amidine groups is 2. The smallest absolute Gasteiger partial charge is 0.741 e. The molecule has 7 nitrogen and oxygen atoms in total. The second kappa shape index (κ2) is 12.9. The third-order valence-electron chi connectivity index (χ3n) is 3.84. The summed E-state index contributed by atoms with van der Waals surface area (Å²) >= 11 is 10.2. The average molecular weight is 489 g/mol. The molecule has 0 saturated heterocycles. The van der Waals surface area contributed by atoms with E-state index in [0.717, 1.165) is 16.8 Å². The first kappa shape index (κ1) is 25.5. The van der Waals surface area contributed by atoms with Gasteiger partial charge in [-0.25, -0.2) is 0 Å². The minimum absolute atomic E-state index is 0. The second-order valence-corrected chi connectivity index (χ2v) is 6.79. The van der Waals surface area contributed by atoms with Crippen LogP contribution in [0.15, 0.2) is 75.0 Å². The van der Waals surface area contributed by atoms with E-state index in [1.165, 1.54) is 0 Å². The van der Waals surface area contributed by atoms with Gasteiger partial charge in [0.1, 0.15) is 11.4 Å². The van der Waals surface area contributed by atoms with Gasteiger partial charge >= 0.3 is 17.1 Å². The number of hydrogen-bond donors (Lipinski definition) is 2. The molecule has 0 aliphatic rings. The van der Waals surface area contributed by atoms with E-state index in [9.17, 15) is 0 Å². The average Bonchev–Trinajstić information content (AvgIpc) is 2.76. The molecule has 0 aliphatic heterocycles. The maximum Gasteiger partial charge on any atom is 2.00 e. The van der Waals surface area contributed by atoms with Crippen LogP contribution < -0.4 is 15.5 Å². The number of rotatable bonds is 6. The van der Waals surface area contributed by atoms with Gasteiger partial charge in [0.25, 0.3) is 0 Å². The Bertz CT molecular complexity index is 924. The molecule has 2 N–H and O–H groups in total. The van der Waals surface area contributed by atoms with Gasteiger partial charge in [-0.05, 0) is 22.5 Å². The number of hydrogen-bond acceptors (Lipinski definition) is 7. The van der Waals surface area contributed by atoms with Crippen molar-refractivity contribution < 1.29 is 17.1 Å². The van der Waals surface area contributed by atoms with Gasteiger partial charge in [0.2, 0.25) is 0 Å². The molecule has 0 bridgehead atoms. The van der Waals surface area contributed by atoms with Gasteiger partial charge in [0, 0.05) is 45.0 Å². The van der Waals surface area contributed by atoms with E-state index in [-0.39, 0.29) is 27.4 Å². The van der Waals surface area contributed by atoms with Crippen LogP contribution in [0.25, 0.3) is 0 Å². The van der Waals surface area contributed by atoms with E-state index < -0.39 is 0 Å². The van der Waals surface area contributed by atoms with Crippen molar-refractivity contribution in [3.05, 3.63) is 65.7 Å². The minimum atomic E-state index is 0. The molecule has 30 heavy (non-hydrogen) atoms. The zero-order chi connectivity index (χ0) is 21.2. The van der Waals surface area contributed by atoms with Crippen molar-refractivity contribution in [3.8, 4) is 0 Å². The van der Waals surface area contributed by atoms with Crippen LogP contribution >= 0.6 is 0 Å². The number of anilines is 1. The zero-order valence-electron chi connectivity index (χ0n) is 17.1. The molecule has 2 aromatic rings. The summed E-state index contributed by atoms with van der Waals surface area (Å²) < 4.78 is 0. The van der Waals surface area contributed by atoms with Crippen LogP contribution in [-0.2, 0) is 42.3 Å². The van der Waals surface area contributed by atoms with Gasteiger partial charge in [-0.15, -0.1) is 10.2 Å². The van der Waals surface area contributed by atoms with Crippen molar-refractivity contribution in [2.45, 2.75) is 0 Å². The summed E-state index contributed by atoms with van der Waals surface area (Å²) in [7, 11) is 7.36. The molecule has 0 heterocycles. The maximum absolute atomic E-state index is 5.12. The molecule has 0 saturated carbocycles. The topological polar surface area (TPSA) is 76.7 Å². The summed E-state index contributed by atoms with van der Waals surface area (Å²) in [5, 5.41) is 23.1. The Morgan fingerprint density at radius 2 is 1.13 bits per heavy atom. The first-order chi connectivity index (χ1) is 14.0. The monoisotopic (exact) mass is 488 g/mol. The Morgan fingerprint density at radius 3 is 1.53 bits per heavy atom. The van der Waals surface area contributed by atoms with Crippen LogP contribution in [0, 0.1) is 0 Å². The molecule has 0 aliphatic carbocycles. The molecular weight excluding hydrogens is 466 g/mol. The van der Waals surface area contributed by atoms with Crippen LogP contribution in [0.2, 0.25) is 0 Å². The fourth-order valence-electron chi connectivity index (χ4n) is 2.29.